The number of hydrogen-bond acceptors (Lipinski definition) is 4. The molecule has 3 heterocycles. The third kappa shape index (κ3) is 3.93. The summed E-state index contributed by atoms with van der Waals surface area (Å²) in [6, 6.07) is 6.62. The van der Waals surface area contributed by atoms with Gasteiger partial charge >= 0.3 is 0 Å². The summed E-state index contributed by atoms with van der Waals surface area (Å²) in [5.74, 6) is 0. The van der Waals surface area contributed by atoms with Gasteiger partial charge in [-0.1, -0.05) is 12.5 Å². The van der Waals surface area contributed by atoms with Crippen LogP contribution in [0.1, 0.15) is 51.5 Å². The topological polar surface area (TPSA) is 49.4 Å². The molecule has 1 fully saturated rings. The fraction of sp³-hybridized carbons (Fsp3) is 0.524. The zero-order valence-corrected chi connectivity index (χ0v) is 17.7. The van der Waals surface area contributed by atoms with Gasteiger partial charge in [-0.2, -0.15) is 0 Å². The molecular formula is C21H28N2O2S2. The molecule has 27 heavy (non-hydrogen) atoms. The zero-order valence-electron chi connectivity index (χ0n) is 16.1. The number of rotatable bonds is 4. The van der Waals surface area contributed by atoms with Crippen LogP contribution in [-0.4, -0.2) is 37.7 Å². The van der Waals surface area contributed by atoms with E-state index in [0.29, 0.717) is 5.69 Å². The van der Waals surface area contributed by atoms with Crippen LogP contribution in [0.2, 0.25) is 0 Å². The number of thiophene rings is 1. The standard InChI is InChI=1S/C21H28N2O2S2/c1-15(2)27(24,25)22-17-7-9-21-19(13-17)20(14-26-21)16-6-8-18-5-3-4-11-23(18)12-10-16/h7,9-10,13-15,18,22H,3-6,8,11-12H2,1-2H3. The molecule has 0 radical (unpaired) electrons. The van der Waals surface area contributed by atoms with E-state index in [4.69, 9.17) is 0 Å². The number of nitrogens with zero attached hydrogens (tertiary/aromatic N) is 1. The van der Waals surface area contributed by atoms with Crippen molar-refractivity contribution in [3.63, 3.8) is 0 Å². The molecule has 6 heteroatoms. The first-order chi connectivity index (χ1) is 12.9. The Hall–Kier alpha value is -1.37. The summed E-state index contributed by atoms with van der Waals surface area (Å²) >= 11 is 1.74. The molecule has 0 bridgehead atoms. The van der Waals surface area contributed by atoms with Crippen LogP contribution in [0.4, 0.5) is 5.69 Å². The minimum absolute atomic E-state index is 0.447. The lowest BCUT2D eigenvalue weighted by Crippen LogP contribution is -2.38. The third-order valence-electron chi connectivity index (χ3n) is 5.87. The van der Waals surface area contributed by atoms with Crippen molar-refractivity contribution in [3.05, 3.63) is 35.2 Å². The van der Waals surface area contributed by atoms with Gasteiger partial charge < -0.3 is 0 Å². The molecule has 0 spiro atoms. The van der Waals surface area contributed by atoms with Gasteiger partial charge in [-0.25, -0.2) is 8.42 Å². The summed E-state index contributed by atoms with van der Waals surface area (Å²) in [5, 5.41) is 2.95. The van der Waals surface area contributed by atoms with Crippen molar-refractivity contribution in [3.8, 4) is 0 Å². The van der Waals surface area contributed by atoms with Crippen molar-refractivity contribution in [2.24, 2.45) is 0 Å². The van der Waals surface area contributed by atoms with E-state index in [2.05, 4.69) is 21.1 Å². The summed E-state index contributed by atoms with van der Waals surface area (Å²) in [4.78, 5) is 2.63. The summed E-state index contributed by atoms with van der Waals surface area (Å²) < 4.78 is 28.4. The minimum atomic E-state index is -3.33. The summed E-state index contributed by atoms with van der Waals surface area (Å²) in [7, 11) is -3.33. The van der Waals surface area contributed by atoms with Crippen LogP contribution in [0.15, 0.2) is 29.7 Å². The van der Waals surface area contributed by atoms with E-state index >= 15 is 0 Å². The van der Waals surface area contributed by atoms with Crippen LogP contribution < -0.4 is 4.72 Å². The van der Waals surface area contributed by atoms with Crippen LogP contribution in [0, 0.1) is 0 Å². The van der Waals surface area contributed by atoms with Gasteiger partial charge in [-0.3, -0.25) is 9.62 Å². The Kier molecular flexibility index (Phi) is 5.32. The molecule has 2 aliphatic heterocycles. The predicted molar refractivity (Wildman–Crippen MR) is 116 cm³/mol. The molecular weight excluding hydrogens is 376 g/mol. The lowest BCUT2D eigenvalue weighted by atomic mass is 9.95. The highest BCUT2D eigenvalue weighted by molar-refractivity contribution is 7.93. The quantitative estimate of drug-likeness (QED) is 0.773. The fourth-order valence-electron chi connectivity index (χ4n) is 4.15. The van der Waals surface area contributed by atoms with E-state index in [-0.39, 0.29) is 0 Å². The van der Waals surface area contributed by atoms with Gasteiger partial charge in [-0.05, 0) is 80.8 Å². The highest BCUT2D eigenvalue weighted by atomic mass is 32.2. The maximum Gasteiger partial charge on any atom is 0.235 e. The van der Waals surface area contributed by atoms with Crippen molar-refractivity contribution in [1.82, 2.24) is 4.90 Å². The summed E-state index contributed by atoms with van der Waals surface area (Å²) in [6.45, 7) is 5.65. The number of benzene rings is 1. The van der Waals surface area contributed by atoms with E-state index in [0.717, 1.165) is 24.4 Å². The van der Waals surface area contributed by atoms with Crippen molar-refractivity contribution >= 4 is 42.7 Å². The summed E-state index contributed by atoms with van der Waals surface area (Å²) in [5.41, 5.74) is 3.35. The van der Waals surface area contributed by atoms with Gasteiger partial charge in [0, 0.05) is 28.4 Å². The maximum absolute atomic E-state index is 12.2. The average Bonchev–Trinajstić information content (AvgIpc) is 2.93. The van der Waals surface area contributed by atoms with Gasteiger partial charge in [-0.15, -0.1) is 11.3 Å². The van der Waals surface area contributed by atoms with Crippen molar-refractivity contribution in [2.75, 3.05) is 17.8 Å². The van der Waals surface area contributed by atoms with Crippen LogP contribution in [0.3, 0.4) is 0 Å². The molecule has 146 valence electrons. The molecule has 1 aromatic carbocycles. The van der Waals surface area contributed by atoms with Crippen LogP contribution in [0.5, 0.6) is 0 Å². The van der Waals surface area contributed by atoms with E-state index in [1.54, 1.807) is 25.2 Å². The van der Waals surface area contributed by atoms with Crippen molar-refractivity contribution in [1.29, 1.82) is 0 Å². The maximum atomic E-state index is 12.2. The molecule has 0 aliphatic carbocycles. The van der Waals surface area contributed by atoms with Crippen LogP contribution in [0.25, 0.3) is 15.7 Å². The summed E-state index contributed by atoms with van der Waals surface area (Å²) in [6.07, 6.45) is 8.74. The predicted octanol–water partition coefficient (Wildman–Crippen LogP) is 5.08. The SMILES string of the molecule is CC(C)S(=O)(=O)Nc1ccc2scc(C3=CCN4CCCCC4CC3)c2c1. The number of anilines is 1. The molecule has 2 aliphatic rings. The Labute approximate surface area is 166 Å². The Bertz CT molecular complexity index is 960. The molecule has 1 atom stereocenters. The Balaban J connectivity index is 1.64. The molecule has 0 amide bonds. The van der Waals surface area contributed by atoms with Crippen LogP contribution in [-0.2, 0) is 10.0 Å². The average molecular weight is 405 g/mol. The highest BCUT2D eigenvalue weighted by Crippen LogP contribution is 2.37. The molecule has 1 N–H and O–H groups in total. The first-order valence-corrected chi connectivity index (χ1v) is 12.3. The second-order valence-electron chi connectivity index (χ2n) is 7.97. The van der Waals surface area contributed by atoms with Gasteiger partial charge in [0.25, 0.3) is 0 Å². The normalized spacial score (nSPS) is 21.7. The Morgan fingerprint density at radius 3 is 2.89 bits per heavy atom. The smallest absolute Gasteiger partial charge is 0.235 e. The lowest BCUT2D eigenvalue weighted by Gasteiger charge is -2.33. The van der Waals surface area contributed by atoms with E-state index in [1.807, 2.05) is 18.2 Å². The molecule has 1 aromatic heterocycles. The largest absolute Gasteiger partial charge is 0.297 e. The second-order valence-corrected chi connectivity index (χ2v) is 11.1. The Morgan fingerprint density at radius 2 is 2.07 bits per heavy atom. The van der Waals surface area contributed by atoms with Gasteiger partial charge in [0.15, 0.2) is 0 Å². The number of piperidine rings is 1. The zero-order chi connectivity index (χ0) is 19.0. The van der Waals surface area contributed by atoms with Crippen molar-refractivity contribution < 1.29 is 8.42 Å². The first kappa shape index (κ1) is 19.0. The molecule has 0 saturated carbocycles. The highest BCUT2D eigenvalue weighted by Gasteiger charge is 2.25. The molecule has 4 nitrogen and oxygen atoms in total. The molecule has 2 aromatic rings. The number of sulfonamides is 1. The second kappa shape index (κ2) is 7.57. The number of hydrogen-bond donors (Lipinski definition) is 1. The van der Waals surface area contributed by atoms with E-state index < -0.39 is 15.3 Å². The van der Waals surface area contributed by atoms with E-state index in [1.165, 1.54) is 48.1 Å². The third-order valence-corrected chi connectivity index (χ3v) is 8.59. The minimum Gasteiger partial charge on any atom is -0.297 e. The van der Waals surface area contributed by atoms with Crippen molar-refractivity contribution in [2.45, 2.75) is 57.2 Å². The van der Waals surface area contributed by atoms with Gasteiger partial charge in [0.05, 0.1) is 5.25 Å². The number of fused-ring (bicyclic) bond motifs is 2. The monoisotopic (exact) mass is 404 g/mol. The molecule has 1 unspecified atom stereocenters. The number of nitrogens with one attached hydrogen (secondary N) is 1. The van der Waals surface area contributed by atoms with Crippen LogP contribution >= 0.6 is 11.3 Å². The van der Waals surface area contributed by atoms with Gasteiger partial charge in [0.1, 0.15) is 0 Å². The lowest BCUT2D eigenvalue weighted by molar-refractivity contribution is 0.161. The van der Waals surface area contributed by atoms with Gasteiger partial charge in [0.2, 0.25) is 10.0 Å². The number of allylic oxidation sites excluding steroid dienone is 1. The Morgan fingerprint density at radius 1 is 1.22 bits per heavy atom. The first-order valence-electron chi connectivity index (χ1n) is 9.90. The fourth-order valence-corrected chi connectivity index (χ4v) is 5.80. The molecule has 4 rings (SSSR count). The van der Waals surface area contributed by atoms with E-state index in [9.17, 15) is 8.42 Å². The molecule has 1 saturated heterocycles.